The fourth-order valence-corrected chi connectivity index (χ4v) is 2.15. The van der Waals surface area contributed by atoms with Crippen molar-refractivity contribution in [1.29, 1.82) is 5.41 Å². The van der Waals surface area contributed by atoms with E-state index in [0.717, 1.165) is 17.3 Å². The highest BCUT2D eigenvalue weighted by Crippen LogP contribution is 2.50. The van der Waals surface area contributed by atoms with Gasteiger partial charge in [-0.2, -0.15) is 0 Å². The Bertz CT molecular complexity index is 352. The summed E-state index contributed by atoms with van der Waals surface area (Å²) in [5.41, 5.74) is 6.96. The molecule has 1 saturated carbocycles. The molecule has 1 aromatic rings. The van der Waals surface area contributed by atoms with Gasteiger partial charge in [0, 0.05) is 16.3 Å². The molecule has 0 spiro atoms. The van der Waals surface area contributed by atoms with Gasteiger partial charge in [-0.1, -0.05) is 28.1 Å². The highest BCUT2D eigenvalue weighted by molar-refractivity contribution is 9.10. The van der Waals surface area contributed by atoms with Crippen LogP contribution >= 0.6 is 15.9 Å². The maximum atomic E-state index is 7.35. The third-order valence-corrected chi connectivity index (χ3v) is 3.37. The van der Waals surface area contributed by atoms with Crippen molar-refractivity contribution >= 4 is 21.8 Å². The van der Waals surface area contributed by atoms with E-state index < -0.39 is 0 Å². The molecular weight excluding hydrogens is 240 g/mol. The van der Waals surface area contributed by atoms with Gasteiger partial charge in [0.1, 0.15) is 0 Å². The van der Waals surface area contributed by atoms with Crippen molar-refractivity contribution in [3.05, 3.63) is 34.3 Å². The summed E-state index contributed by atoms with van der Waals surface area (Å²) in [5.74, 6) is 0.297. The van der Waals surface area contributed by atoms with Gasteiger partial charge in [-0.3, -0.25) is 5.41 Å². The minimum atomic E-state index is 0.187. The van der Waals surface area contributed by atoms with Crippen LogP contribution in [0.5, 0.6) is 0 Å². The van der Waals surface area contributed by atoms with E-state index in [-0.39, 0.29) is 5.41 Å². The summed E-state index contributed by atoms with van der Waals surface area (Å²) in [5, 5.41) is 7.35. The van der Waals surface area contributed by atoms with E-state index >= 15 is 0 Å². The van der Waals surface area contributed by atoms with E-state index in [1.165, 1.54) is 5.56 Å². The molecule has 0 unspecified atom stereocenters. The topological polar surface area (TPSA) is 49.9 Å². The monoisotopic (exact) mass is 252 g/mol. The number of rotatable bonds is 3. The molecule has 0 atom stereocenters. The zero-order chi connectivity index (χ0) is 10.2. The second-order valence-electron chi connectivity index (χ2n) is 3.99. The average Bonchev–Trinajstić information content (AvgIpc) is 2.85. The van der Waals surface area contributed by atoms with E-state index in [2.05, 4.69) is 40.2 Å². The molecule has 1 aliphatic rings. The lowest BCUT2D eigenvalue weighted by Crippen LogP contribution is -2.19. The summed E-state index contributed by atoms with van der Waals surface area (Å²) < 4.78 is 1.10. The Kier molecular flexibility index (Phi) is 2.35. The lowest BCUT2D eigenvalue weighted by molar-refractivity contribution is 0.723. The van der Waals surface area contributed by atoms with Crippen LogP contribution in [-0.2, 0) is 5.41 Å². The third kappa shape index (κ3) is 1.82. The van der Waals surface area contributed by atoms with Crippen molar-refractivity contribution in [3.63, 3.8) is 0 Å². The number of nitrogens with one attached hydrogen (secondary N) is 1. The molecular formula is C11H13BrN2. The molecule has 0 radical (unpaired) electrons. The number of hydrogen-bond acceptors (Lipinski definition) is 1. The molecule has 1 fully saturated rings. The minimum Gasteiger partial charge on any atom is -0.388 e. The van der Waals surface area contributed by atoms with Gasteiger partial charge in [0.05, 0.1) is 5.84 Å². The Hall–Kier alpha value is -0.830. The first-order chi connectivity index (χ1) is 6.62. The lowest BCUT2D eigenvalue weighted by Gasteiger charge is -2.14. The number of halogens is 1. The normalized spacial score (nSPS) is 17.8. The van der Waals surface area contributed by atoms with Crippen LogP contribution in [0, 0.1) is 5.41 Å². The van der Waals surface area contributed by atoms with Gasteiger partial charge >= 0.3 is 0 Å². The smallest absolute Gasteiger partial charge is 0.0914 e. The maximum absolute atomic E-state index is 7.35. The van der Waals surface area contributed by atoms with Crippen molar-refractivity contribution in [1.82, 2.24) is 0 Å². The summed E-state index contributed by atoms with van der Waals surface area (Å²) in [7, 11) is 0. The van der Waals surface area contributed by atoms with Gasteiger partial charge in [-0.15, -0.1) is 0 Å². The van der Waals surface area contributed by atoms with Crippen LogP contribution in [0.3, 0.4) is 0 Å². The van der Waals surface area contributed by atoms with Gasteiger partial charge < -0.3 is 5.73 Å². The van der Waals surface area contributed by atoms with Crippen LogP contribution in [-0.4, -0.2) is 5.84 Å². The number of hydrogen-bond donors (Lipinski definition) is 2. The van der Waals surface area contributed by atoms with E-state index in [1.807, 2.05) is 0 Å². The Labute approximate surface area is 92.1 Å². The summed E-state index contributed by atoms with van der Waals surface area (Å²) >= 11 is 3.42. The summed E-state index contributed by atoms with van der Waals surface area (Å²) in [6, 6.07) is 8.35. The Morgan fingerprint density at radius 1 is 1.36 bits per heavy atom. The second-order valence-corrected chi connectivity index (χ2v) is 4.90. The maximum Gasteiger partial charge on any atom is 0.0914 e. The van der Waals surface area contributed by atoms with Crippen LogP contribution < -0.4 is 5.73 Å². The molecule has 2 nitrogen and oxygen atoms in total. The first-order valence-corrected chi connectivity index (χ1v) is 5.51. The molecule has 1 aliphatic carbocycles. The molecule has 3 heteroatoms. The molecule has 0 bridgehead atoms. The Morgan fingerprint density at radius 2 is 1.93 bits per heavy atom. The van der Waals surface area contributed by atoms with Gasteiger partial charge in [-0.25, -0.2) is 0 Å². The highest BCUT2D eigenvalue weighted by atomic mass is 79.9. The Morgan fingerprint density at radius 3 is 2.36 bits per heavy atom. The van der Waals surface area contributed by atoms with Crippen LogP contribution in [0.2, 0.25) is 0 Å². The van der Waals surface area contributed by atoms with Gasteiger partial charge in [0.15, 0.2) is 0 Å². The molecule has 0 aromatic heterocycles. The predicted octanol–water partition coefficient (Wildman–Crippen LogP) is 2.81. The number of benzene rings is 1. The van der Waals surface area contributed by atoms with Crippen molar-refractivity contribution in [2.24, 2.45) is 5.73 Å². The van der Waals surface area contributed by atoms with Crippen molar-refractivity contribution in [2.75, 3.05) is 0 Å². The largest absolute Gasteiger partial charge is 0.388 e. The first-order valence-electron chi connectivity index (χ1n) is 4.71. The van der Waals surface area contributed by atoms with Crippen LogP contribution in [0.1, 0.15) is 24.8 Å². The minimum absolute atomic E-state index is 0.187. The lowest BCUT2D eigenvalue weighted by atomic mass is 9.92. The highest BCUT2D eigenvalue weighted by Gasteiger charge is 2.44. The molecule has 0 saturated heterocycles. The fraction of sp³-hybridized carbons (Fsp3) is 0.364. The predicted molar refractivity (Wildman–Crippen MR) is 61.6 cm³/mol. The summed E-state index contributed by atoms with van der Waals surface area (Å²) in [6.07, 6.45) is 3.02. The van der Waals surface area contributed by atoms with Crippen LogP contribution in [0.4, 0.5) is 0 Å². The molecule has 14 heavy (non-hydrogen) atoms. The summed E-state index contributed by atoms with van der Waals surface area (Å²) in [6.45, 7) is 0. The number of amidine groups is 1. The van der Waals surface area contributed by atoms with E-state index in [0.29, 0.717) is 12.3 Å². The van der Waals surface area contributed by atoms with Crippen molar-refractivity contribution in [3.8, 4) is 0 Å². The molecule has 2 rings (SSSR count). The standard InChI is InChI=1S/C11H13BrN2/c12-9-3-1-8(2-4-9)11(5-6-11)7-10(13)14/h1-4H,5-7H2,(H3,13,14). The third-order valence-electron chi connectivity index (χ3n) is 2.84. The molecule has 0 amide bonds. The van der Waals surface area contributed by atoms with Crippen molar-refractivity contribution in [2.45, 2.75) is 24.7 Å². The van der Waals surface area contributed by atoms with Gasteiger partial charge in [0.2, 0.25) is 0 Å². The number of nitrogens with two attached hydrogens (primary N) is 1. The zero-order valence-electron chi connectivity index (χ0n) is 7.89. The van der Waals surface area contributed by atoms with E-state index in [4.69, 9.17) is 11.1 Å². The van der Waals surface area contributed by atoms with E-state index in [9.17, 15) is 0 Å². The quantitative estimate of drug-likeness (QED) is 0.631. The molecule has 3 N–H and O–H groups in total. The van der Waals surface area contributed by atoms with Gasteiger partial charge in [-0.05, 0) is 30.5 Å². The zero-order valence-corrected chi connectivity index (χ0v) is 9.47. The van der Waals surface area contributed by atoms with Crippen molar-refractivity contribution < 1.29 is 0 Å². The van der Waals surface area contributed by atoms with Crippen LogP contribution in [0.15, 0.2) is 28.7 Å². The van der Waals surface area contributed by atoms with Crippen LogP contribution in [0.25, 0.3) is 0 Å². The molecule has 0 aliphatic heterocycles. The molecule has 1 aromatic carbocycles. The fourth-order valence-electron chi connectivity index (χ4n) is 1.89. The average molecular weight is 253 g/mol. The molecule has 0 heterocycles. The second kappa shape index (κ2) is 3.39. The first kappa shape index (κ1) is 9.71. The summed E-state index contributed by atoms with van der Waals surface area (Å²) in [4.78, 5) is 0. The van der Waals surface area contributed by atoms with Gasteiger partial charge in [0.25, 0.3) is 0 Å². The Balaban J connectivity index is 2.22. The SMILES string of the molecule is N=C(N)CC1(c2ccc(Br)cc2)CC1. The molecule has 74 valence electrons. The van der Waals surface area contributed by atoms with E-state index in [1.54, 1.807) is 0 Å².